The van der Waals surface area contributed by atoms with Crippen molar-refractivity contribution in [2.45, 2.75) is 13.8 Å². The molecule has 0 atom stereocenters. The Bertz CT molecular complexity index is 1160. The van der Waals surface area contributed by atoms with Gasteiger partial charge >= 0.3 is 0 Å². The second-order valence-corrected chi connectivity index (χ2v) is 8.37. The molecule has 2 aromatic carbocycles. The number of carbonyl (C=O) groups is 1. The zero-order chi connectivity index (χ0) is 22.9. The third kappa shape index (κ3) is 4.67. The summed E-state index contributed by atoms with van der Waals surface area (Å²) in [5, 5.41) is 22.9. The van der Waals surface area contributed by atoms with Gasteiger partial charge in [-0.15, -0.1) is 0 Å². The standard InChI is InChI=1S/C20H21N5O5S/c1-12-5-6-17-18(13(12)2)21-20(31-17)23(8-7-22(3)4)19(26)14-9-15(24(27)28)11-16(10-14)25(29)30/h5-6,9-11H,7-8H2,1-4H3. The van der Waals surface area contributed by atoms with Crippen molar-refractivity contribution in [3.63, 3.8) is 0 Å². The summed E-state index contributed by atoms with van der Waals surface area (Å²) in [6.07, 6.45) is 0. The van der Waals surface area contributed by atoms with Gasteiger partial charge in [-0.2, -0.15) is 0 Å². The van der Waals surface area contributed by atoms with E-state index in [0.29, 0.717) is 11.7 Å². The number of thiazole rings is 1. The van der Waals surface area contributed by atoms with Gasteiger partial charge in [0.25, 0.3) is 17.3 Å². The molecule has 0 N–H and O–H groups in total. The highest BCUT2D eigenvalue weighted by Gasteiger charge is 2.26. The van der Waals surface area contributed by atoms with Crippen molar-refractivity contribution in [3.05, 3.63) is 67.3 Å². The monoisotopic (exact) mass is 443 g/mol. The van der Waals surface area contributed by atoms with Gasteiger partial charge in [0.2, 0.25) is 0 Å². The predicted octanol–water partition coefficient (Wildman–Crippen LogP) is 3.94. The van der Waals surface area contributed by atoms with Crippen LogP contribution in [0.25, 0.3) is 10.2 Å². The molecule has 0 aliphatic carbocycles. The van der Waals surface area contributed by atoms with E-state index in [1.165, 1.54) is 16.2 Å². The largest absolute Gasteiger partial charge is 0.308 e. The molecule has 1 heterocycles. The van der Waals surface area contributed by atoms with Crippen molar-refractivity contribution in [3.8, 4) is 0 Å². The number of aromatic nitrogens is 1. The van der Waals surface area contributed by atoms with Crippen LogP contribution in [-0.4, -0.2) is 52.8 Å². The highest BCUT2D eigenvalue weighted by Crippen LogP contribution is 2.33. The van der Waals surface area contributed by atoms with Crippen LogP contribution in [0.5, 0.6) is 0 Å². The third-order valence-corrected chi connectivity index (χ3v) is 5.94. The molecule has 1 amide bonds. The lowest BCUT2D eigenvalue weighted by Crippen LogP contribution is -2.36. The van der Waals surface area contributed by atoms with E-state index in [2.05, 4.69) is 4.98 Å². The highest BCUT2D eigenvalue weighted by atomic mass is 32.1. The maximum absolute atomic E-state index is 13.4. The quantitative estimate of drug-likeness (QED) is 0.400. The smallest absolute Gasteiger partial charge is 0.277 e. The molecule has 0 aliphatic rings. The van der Waals surface area contributed by atoms with E-state index in [-0.39, 0.29) is 12.1 Å². The fourth-order valence-corrected chi connectivity index (χ4v) is 4.05. The summed E-state index contributed by atoms with van der Waals surface area (Å²) >= 11 is 1.33. The summed E-state index contributed by atoms with van der Waals surface area (Å²) in [6.45, 7) is 4.71. The number of aryl methyl sites for hydroxylation is 2. The van der Waals surface area contributed by atoms with Crippen molar-refractivity contribution in [2.75, 3.05) is 32.1 Å². The van der Waals surface area contributed by atoms with E-state index < -0.39 is 27.1 Å². The Morgan fingerprint density at radius 1 is 1.03 bits per heavy atom. The maximum atomic E-state index is 13.4. The van der Waals surface area contributed by atoms with E-state index in [9.17, 15) is 25.0 Å². The van der Waals surface area contributed by atoms with Crippen molar-refractivity contribution in [1.82, 2.24) is 9.88 Å². The van der Waals surface area contributed by atoms with E-state index in [1.807, 2.05) is 45.0 Å². The number of fused-ring (bicyclic) bond motifs is 1. The fourth-order valence-electron chi connectivity index (χ4n) is 3.00. The molecule has 11 heteroatoms. The molecule has 0 bridgehead atoms. The van der Waals surface area contributed by atoms with Crippen LogP contribution in [0.4, 0.5) is 16.5 Å². The van der Waals surface area contributed by atoms with Gasteiger partial charge in [0.1, 0.15) is 0 Å². The first-order valence-corrected chi connectivity index (χ1v) is 10.2. The fraction of sp³-hybridized carbons (Fsp3) is 0.300. The van der Waals surface area contributed by atoms with Gasteiger partial charge in [-0.3, -0.25) is 29.9 Å². The van der Waals surface area contributed by atoms with Gasteiger partial charge in [0.05, 0.1) is 31.7 Å². The molecule has 0 aliphatic heterocycles. The molecule has 0 spiro atoms. The van der Waals surface area contributed by atoms with Crippen LogP contribution >= 0.6 is 11.3 Å². The SMILES string of the molecule is Cc1ccc2sc(N(CCN(C)C)C(=O)c3cc([N+](=O)[O-])cc([N+](=O)[O-])c3)nc2c1C. The number of anilines is 1. The second-order valence-electron chi connectivity index (χ2n) is 7.36. The van der Waals surface area contributed by atoms with Crippen LogP contribution in [0, 0.1) is 34.1 Å². The lowest BCUT2D eigenvalue weighted by molar-refractivity contribution is -0.394. The van der Waals surface area contributed by atoms with Gasteiger partial charge in [-0.05, 0) is 45.1 Å². The lowest BCUT2D eigenvalue weighted by atomic mass is 10.1. The number of hydrogen-bond acceptors (Lipinski definition) is 8. The second kappa shape index (κ2) is 8.74. The minimum absolute atomic E-state index is 0.133. The summed E-state index contributed by atoms with van der Waals surface area (Å²) in [5.74, 6) is -0.581. The van der Waals surface area contributed by atoms with Crippen LogP contribution in [-0.2, 0) is 0 Å². The first-order valence-electron chi connectivity index (χ1n) is 9.35. The summed E-state index contributed by atoms with van der Waals surface area (Å²) < 4.78 is 0.908. The minimum Gasteiger partial charge on any atom is -0.308 e. The molecule has 0 saturated carbocycles. The molecule has 10 nitrogen and oxygen atoms in total. The molecule has 31 heavy (non-hydrogen) atoms. The summed E-state index contributed by atoms with van der Waals surface area (Å²) in [7, 11) is 3.71. The van der Waals surface area contributed by atoms with Gasteiger partial charge < -0.3 is 4.90 Å². The normalized spacial score (nSPS) is 11.1. The molecule has 1 aromatic heterocycles. The van der Waals surface area contributed by atoms with E-state index in [1.54, 1.807) is 0 Å². The molecule has 0 radical (unpaired) electrons. The summed E-state index contributed by atoms with van der Waals surface area (Å²) in [4.78, 5) is 42.3. The number of nitro benzene ring substituents is 2. The van der Waals surface area contributed by atoms with Crippen LogP contribution in [0.15, 0.2) is 30.3 Å². The van der Waals surface area contributed by atoms with Crippen molar-refractivity contribution < 1.29 is 14.6 Å². The van der Waals surface area contributed by atoms with Crippen molar-refractivity contribution in [1.29, 1.82) is 0 Å². The zero-order valence-electron chi connectivity index (χ0n) is 17.5. The predicted molar refractivity (Wildman–Crippen MR) is 119 cm³/mol. The third-order valence-electron chi connectivity index (χ3n) is 4.89. The number of rotatable bonds is 7. The van der Waals surface area contributed by atoms with E-state index in [4.69, 9.17) is 0 Å². The first-order chi connectivity index (χ1) is 14.6. The van der Waals surface area contributed by atoms with Crippen LogP contribution < -0.4 is 4.90 Å². The van der Waals surface area contributed by atoms with Crippen LogP contribution in [0.1, 0.15) is 21.5 Å². The Kier molecular flexibility index (Phi) is 6.27. The van der Waals surface area contributed by atoms with Crippen LogP contribution in [0.3, 0.4) is 0 Å². The number of likely N-dealkylation sites (N-methyl/N-ethyl adjacent to an activating group) is 1. The molecule has 3 aromatic rings. The van der Waals surface area contributed by atoms with E-state index in [0.717, 1.165) is 39.5 Å². The minimum atomic E-state index is -0.752. The number of nitro groups is 2. The Balaban J connectivity index is 2.11. The zero-order valence-corrected chi connectivity index (χ0v) is 18.3. The number of carbonyl (C=O) groups excluding carboxylic acids is 1. The van der Waals surface area contributed by atoms with Gasteiger partial charge in [0, 0.05) is 25.2 Å². The van der Waals surface area contributed by atoms with Crippen molar-refractivity contribution >= 4 is 44.0 Å². The van der Waals surface area contributed by atoms with Crippen LogP contribution in [0.2, 0.25) is 0 Å². The molecular formula is C20H21N5O5S. The lowest BCUT2D eigenvalue weighted by Gasteiger charge is -2.22. The van der Waals surface area contributed by atoms with Gasteiger partial charge in [-0.1, -0.05) is 17.4 Å². The average molecular weight is 443 g/mol. The average Bonchev–Trinajstić information content (AvgIpc) is 3.14. The number of benzene rings is 2. The molecule has 3 rings (SSSR count). The molecule has 0 fully saturated rings. The molecular weight excluding hydrogens is 422 g/mol. The molecule has 0 unspecified atom stereocenters. The molecule has 162 valence electrons. The summed E-state index contributed by atoms with van der Waals surface area (Å²) in [5.41, 5.74) is 1.71. The molecule has 0 saturated heterocycles. The highest BCUT2D eigenvalue weighted by molar-refractivity contribution is 7.22. The number of amides is 1. The van der Waals surface area contributed by atoms with Gasteiger partial charge in [0.15, 0.2) is 5.13 Å². The maximum Gasteiger partial charge on any atom is 0.277 e. The van der Waals surface area contributed by atoms with E-state index >= 15 is 0 Å². The topological polar surface area (TPSA) is 123 Å². The first kappa shape index (κ1) is 22.2. The summed E-state index contributed by atoms with van der Waals surface area (Å²) in [6, 6.07) is 6.87. The Morgan fingerprint density at radius 2 is 1.65 bits per heavy atom. The number of hydrogen-bond donors (Lipinski definition) is 0. The van der Waals surface area contributed by atoms with Gasteiger partial charge in [-0.25, -0.2) is 4.98 Å². The number of non-ortho nitro benzene ring substituents is 2. The number of nitrogens with zero attached hydrogens (tertiary/aromatic N) is 5. The Hall–Kier alpha value is -3.44. The Labute approximate surface area is 182 Å². The Morgan fingerprint density at radius 3 is 2.19 bits per heavy atom. The van der Waals surface area contributed by atoms with Crippen molar-refractivity contribution in [2.24, 2.45) is 0 Å².